The van der Waals surface area contributed by atoms with Gasteiger partial charge in [0, 0.05) is 0 Å². The monoisotopic (exact) mass is 359 g/mol. The molecular formula is C21H26FNO3. The van der Waals surface area contributed by atoms with Gasteiger partial charge in [0.1, 0.15) is 18.2 Å². The van der Waals surface area contributed by atoms with Crippen LogP contribution >= 0.6 is 0 Å². The highest BCUT2D eigenvalue weighted by atomic mass is 19.1. The predicted molar refractivity (Wildman–Crippen MR) is 101 cm³/mol. The average molecular weight is 359 g/mol. The van der Waals surface area contributed by atoms with Gasteiger partial charge in [0.25, 0.3) is 0 Å². The van der Waals surface area contributed by atoms with E-state index in [9.17, 15) is 4.39 Å². The quantitative estimate of drug-likeness (QED) is 0.649. The normalized spacial score (nSPS) is 11.7. The van der Waals surface area contributed by atoms with Gasteiger partial charge in [0.05, 0.1) is 20.3 Å². The number of nitrogens with one attached hydrogen (secondary N) is 1. The summed E-state index contributed by atoms with van der Waals surface area (Å²) in [6.45, 7) is 6.92. The summed E-state index contributed by atoms with van der Waals surface area (Å²) >= 11 is 0. The number of halogens is 1. The van der Waals surface area contributed by atoms with E-state index in [2.05, 4.69) is 11.9 Å². The molecule has 0 aliphatic rings. The molecule has 0 spiro atoms. The molecule has 1 unspecified atom stereocenters. The van der Waals surface area contributed by atoms with Crippen molar-refractivity contribution in [3.05, 3.63) is 71.7 Å². The Kier molecular flexibility index (Phi) is 7.48. The molecule has 2 rings (SSSR count). The summed E-state index contributed by atoms with van der Waals surface area (Å²) in [6, 6.07) is 12.3. The number of hydrogen-bond donors (Lipinski definition) is 1. The first kappa shape index (κ1) is 19.8. The van der Waals surface area contributed by atoms with Crippen LogP contribution in [0.3, 0.4) is 0 Å². The number of methoxy groups -OCH3 is 2. The summed E-state index contributed by atoms with van der Waals surface area (Å²) in [7, 11) is 3.23. The molecule has 0 heterocycles. The molecule has 2 aromatic carbocycles. The molecule has 0 aromatic heterocycles. The summed E-state index contributed by atoms with van der Waals surface area (Å²) in [5.41, 5.74) is 1.90. The van der Waals surface area contributed by atoms with Crippen LogP contribution in [-0.2, 0) is 17.8 Å². The van der Waals surface area contributed by atoms with Crippen molar-refractivity contribution in [3.63, 3.8) is 0 Å². The Balaban J connectivity index is 1.93. The van der Waals surface area contributed by atoms with Gasteiger partial charge in [-0.05, 0) is 55.3 Å². The predicted octanol–water partition coefficient (Wildman–Crippen LogP) is 4.09. The Hall–Kier alpha value is -2.53. The van der Waals surface area contributed by atoms with E-state index in [1.165, 1.54) is 12.1 Å². The van der Waals surface area contributed by atoms with Crippen molar-refractivity contribution in [2.75, 3.05) is 20.8 Å². The summed E-state index contributed by atoms with van der Waals surface area (Å²) in [5.74, 6) is 1.73. The van der Waals surface area contributed by atoms with E-state index in [4.69, 9.17) is 14.2 Å². The van der Waals surface area contributed by atoms with Crippen molar-refractivity contribution in [2.24, 2.45) is 0 Å². The molecule has 0 bridgehead atoms. The highest BCUT2D eigenvalue weighted by Crippen LogP contribution is 2.29. The largest absolute Gasteiger partial charge is 0.500 e. The summed E-state index contributed by atoms with van der Waals surface area (Å²) in [6.07, 6.45) is 0.835. The van der Waals surface area contributed by atoms with Gasteiger partial charge in [-0.2, -0.15) is 0 Å². The van der Waals surface area contributed by atoms with Crippen LogP contribution in [0.1, 0.15) is 18.1 Å². The first-order valence-corrected chi connectivity index (χ1v) is 8.53. The third-order valence-corrected chi connectivity index (χ3v) is 4.12. The van der Waals surface area contributed by atoms with Gasteiger partial charge in [0.2, 0.25) is 0 Å². The Morgan fingerprint density at radius 1 is 1.12 bits per heavy atom. The van der Waals surface area contributed by atoms with Crippen LogP contribution in [0.5, 0.6) is 11.5 Å². The number of hydrogen-bond acceptors (Lipinski definition) is 4. The maximum atomic E-state index is 13.2. The highest BCUT2D eigenvalue weighted by Gasteiger charge is 2.09. The minimum absolute atomic E-state index is 0.0933. The lowest BCUT2D eigenvalue weighted by molar-refractivity contribution is 0.258. The fraction of sp³-hybridized carbons (Fsp3) is 0.333. The van der Waals surface area contributed by atoms with E-state index in [0.29, 0.717) is 17.3 Å². The lowest BCUT2D eigenvalue weighted by Gasteiger charge is -2.16. The maximum Gasteiger partial charge on any atom is 0.161 e. The fourth-order valence-electron chi connectivity index (χ4n) is 2.50. The Morgan fingerprint density at radius 3 is 2.62 bits per heavy atom. The fourth-order valence-corrected chi connectivity index (χ4v) is 2.50. The molecule has 2 aromatic rings. The molecule has 0 aliphatic carbocycles. The van der Waals surface area contributed by atoms with Crippen molar-refractivity contribution in [3.8, 4) is 11.5 Å². The van der Waals surface area contributed by atoms with Crippen LogP contribution < -0.4 is 14.8 Å². The molecular weight excluding hydrogens is 333 g/mol. The smallest absolute Gasteiger partial charge is 0.161 e. The molecule has 140 valence electrons. The van der Waals surface area contributed by atoms with Crippen molar-refractivity contribution in [1.82, 2.24) is 5.32 Å². The van der Waals surface area contributed by atoms with E-state index < -0.39 is 0 Å². The zero-order chi connectivity index (χ0) is 18.9. The SMILES string of the molecule is C=C(OC)C(C)NCCc1ccc(OCc2cccc(F)c2)c(OC)c1. The van der Waals surface area contributed by atoms with Gasteiger partial charge < -0.3 is 19.5 Å². The third kappa shape index (κ3) is 5.77. The molecule has 0 radical (unpaired) electrons. The summed E-state index contributed by atoms with van der Waals surface area (Å²) in [5, 5.41) is 3.35. The van der Waals surface area contributed by atoms with Crippen molar-refractivity contribution in [1.29, 1.82) is 0 Å². The van der Waals surface area contributed by atoms with Crippen LogP contribution in [-0.4, -0.2) is 26.8 Å². The molecule has 26 heavy (non-hydrogen) atoms. The van der Waals surface area contributed by atoms with Gasteiger partial charge in [-0.1, -0.05) is 24.8 Å². The van der Waals surface area contributed by atoms with E-state index in [1.54, 1.807) is 20.3 Å². The molecule has 1 N–H and O–H groups in total. The van der Waals surface area contributed by atoms with Gasteiger partial charge in [-0.15, -0.1) is 0 Å². The topological polar surface area (TPSA) is 39.7 Å². The molecule has 0 saturated heterocycles. The van der Waals surface area contributed by atoms with E-state index in [0.717, 1.165) is 24.1 Å². The molecule has 0 fully saturated rings. The second kappa shape index (κ2) is 9.82. The van der Waals surface area contributed by atoms with Gasteiger partial charge >= 0.3 is 0 Å². The van der Waals surface area contributed by atoms with Gasteiger partial charge in [-0.25, -0.2) is 4.39 Å². The van der Waals surface area contributed by atoms with Crippen molar-refractivity contribution < 1.29 is 18.6 Å². The zero-order valence-electron chi connectivity index (χ0n) is 15.5. The lowest BCUT2D eigenvalue weighted by Crippen LogP contribution is -2.30. The van der Waals surface area contributed by atoms with E-state index in [-0.39, 0.29) is 18.5 Å². The molecule has 0 amide bonds. The molecule has 1 atom stereocenters. The minimum Gasteiger partial charge on any atom is -0.500 e. The van der Waals surface area contributed by atoms with Crippen molar-refractivity contribution >= 4 is 0 Å². The zero-order valence-corrected chi connectivity index (χ0v) is 15.5. The van der Waals surface area contributed by atoms with E-state index in [1.807, 2.05) is 31.2 Å². The lowest BCUT2D eigenvalue weighted by atomic mass is 10.1. The molecule has 5 heteroatoms. The van der Waals surface area contributed by atoms with Crippen LogP contribution in [0.2, 0.25) is 0 Å². The van der Waals surface area contributed by atoms with Crippen LogP contribution in [0.15, 0.2) is 54.8 Å². The summed E-state index contributed by atoms with van der Waals surface area (Å²) < 4.78 is 29.6. The van der Waals surface area contributed by atoms with Crippen LogP contribution in [0.25, 0.3) is 0 Å². The first-order valence-electron chi connectivity index (χ1n) is 8.53. The molecule has 4 nitrogen and oxygen atoms in total. The van der Waals surface area contributed by atoms with Gasteiger partial charge in [-0.3, -0.25) is 0 Å². The first-order chi connectivity index (χ1) is 12.5. The van der Waals surface area contributed by atoms with Crippen LogP contribution in [0, 0.1) is 5.82 Å². The second-order valence-electron chi connectivity index (χ2n) is 6.00. The second-order valence-corrected chi connectivity index (χ2v) is 6.00. The molecule has 0 aliphatic heterocycles. The standard InChI is InChI=1S/C21H26FNO3/c1-15(16(2)24-3)23-11-10-17-8-9-20(21(13-17)25-4)26-14-18-6-5-7-19(22)12-18/h5-9,12-13,15,23H,2,10-11,14H2,1,3-4H3. The van der Waals surface area contributed by atoms with E-state index >= 15 is 0 Å². The Labute approximate surface area is 154 Å². The molecule has 0 saturated carbocycles. The van der Waals surface area contributed by atoms with Gasteiger partial charge in [0.15, 0.2) is 11.5 Å². The summed E-state index contributed by atoms with van der Waals surface area (Å²) in [4.78, 5) is 0. The highest BCUT2D eigenvalue weighted by molar-refractivity contribution is 5.43. The average Bonchev–Trinajstić information content (AvgIpc) is 2.66. The number of ether oxygens (including phenoxy) is 3. The number of rotatable bonds is 10. The minimum atomic E-state index is -0.272. The Bertz CT molecular complexity index is 733. The van der Waals surface area contributed by atoms with Crippen LogP contribution in [0.4, 0.5) is 4.39 Å². The Morgan fingerprint density at radius 2 is 1.92 bits per heavy atom. The van der Waals surface area contributed by atoms with Crippen molar-refractivity contribution in [2.45, 2.75) is 26.0 Å². The third-order valence-electron chi connectivity index (χ3n) is 4.12. The number of benzene rings is 2. The maximum absolute atomic E-state index is 13.2.